The minimum Gasteiger partial charge on any atom is -0.351 e. The van der Waals surface area contributed by atoms with E-state index in [9.17, 15) is 14.0 Å². The van der Waals surface area contributed by atoms with Gasteiger partial charge < -0.3 is 15.1 Å². The molecule has 2 aliphatic heterocycles. The summed E-state index contributed by atoms with van der Waals surface area (Å²) in [7, 11) is 0. The number of nitrogens with one attached hydrogen (secondary N) is 1. The van der Waals surface area contributed by atoms with Gasteiger partial charge in [-0.25, -0.2) is 4.39 Å². The molecule has 5 nitrogen and oxygen atoms in total. The lowest BCUT2D eigenvalue weighted by Gasteiger charge is -2.30. The van der Waals surface area contributed by atoms with Crippen molar-refractivity contribution in [1.29, 1.82) is 0 Å². The molecule has 1 saturated heterocycles. The predicted octanol–water partition coefficient (Wildman–Crippen LogP) is 6.22. The number of hydrogen-bond acceptors (Lipinski definition) is 3. The summed E-state index contributed by atoms with van der Waals surface area (Å²) in [6, 6.07) is 15.2. The average Bonchev–Trinajstić information content (AvgIpc) is 3.41. The van der Waals surface area contributed by atoms with Crippen molar-refractivity contribution in [3.05, 3.63) is 87.2 Å². The maximum Gasteiger partial charge on any atom is 0.262 e. The smallest absolute Gasteiger partial charge is 0.262 e. The molecule has 0 bridgehead atoms. The number of carbonyl (C=O) groups excluding carboxylic acids is 2. The molecule has 0 unspecified atom stereocenters. The molecular formula is C29H28Cl2FN3O2. The average molecular weight is 540 g/mol. The van der Waals surface area contributed by atoms with Crippen molar-refractivity contribution in [2.75, 3.05) is 37.6 Å². The van der Waals surface area contributed by atoms with Gasteiger partial charge >= 0.3 is 0 Å². The van der Waals surface area contributed by atoms with Crippen LogP contribution in [0, 0.1) is 5.82 Å². The lowest BCUT2D eigenvalue weighted by molar-refractivity contribution is 0.0948. The second-order valence-electron chi connectivity index (χ2n) is 9.50. The van der Waals surface area contributed by atoms with Crippen molar-refractivity contribution in [1.82, 2.24) is 10.2 Å². The molecule has 0 aliphatic carbocycles. The van der Waals surface area contributed by atoms with Crippen LogP contribution in [0.4, 0.5) is 10.1 Å². The molecule has 8 heteroatoms. The third kappa shape index (κ3) is 5.52. The Morgan fingerprint density at radius 2 is 1.73 bits per heavy atom. The first kappa shape index (κ1) is 25.7. The first-order valence-electron chi connectivity index (χ1n) is 12.6. The van der Waals surface area contributed by atoms with Crippen LogP contribution >= 0.6 is 23.2 Å². The Hall–Kier alpha value is -2.93. The highest BCUT2D eigenvalue weighted by molar-refractivity contribution is 6.34. The van der Waals surface area contributed by atoms with Gasteiger partial charge in [-0.05, 0) is 92.4 Å². The summed E-state index contributed by atoms with van der Waals surface area (Å²) in [5, 5.41) is 3.64. The number of benzene rings is 3. The lowest BCUT2D eigenvalue weighted by Crippen LogP contribution is -2.36. The van der Waals surface area contributed by atoms with E-state index in [1.807, 2.05) is 18.2 Å². The first-order valence-corrected chi connectivity index (χ1v) is 13.4. The maximum atomic E-state index is 14.4. The molecule has 1 fully saturated rings. The third-order valence-corrected chi connectivity index (χ3v) is 7.72. The largest absolute Gasteiger partial charge is 0.351 e. The summed E-state index contributed by atoms with van der Waals surface area (Å²) in [5.74, 6) is -1.22. The fourth-order valence-electron chi connectivity index (χ4n) is 5.14. The Morgan fingerprint density at radius 1 is 0.919 bits per heavy atom. The molecule has 0 atom stereocenters. The van der Waals surface area contributed by atoms with Crippen molar-refractivity contribution in [2.45, 2.75) is 25.7 Å². The number of carbonyl (C=O) groups is 2. The van der Waals surface area contributed by atoms with Gasteiger partial charge in [0.1, 0.15) is 5.82 Å². The fraction of sp³-hybridized carbons (Fsp3) is 0.310. The van der Waals surface area contributed by atoms with Crippen molar-refractivity contribution in [3.63, 3.8) is 0 Å². The molecule has 2 heterocycles. The van der Waals surface area contributed by atoms with E-state index in [1.165, 1.54) is 31.0 Å². The van der Waals surface area contributed by atoms with Gasteiger partial charge in [0.25, 0.3) is 11.8 Å². The maximum absolute atomic E-state index is 14.4. The van der Waals surface area contributed by atoms with E-state index in [4.69, 9.17) is 23.2 Å². The first-order chi connectivity index (χ1) is 17.9. The molecule has 3 aromatic rings. The van der Waals surface area contributed by atoms with Crippen LogP contribution in [0.5, 0.6) is 0 Å². The summed E-state index contributed by atoms with van der Waals surface area (Å²) < 4.78 is 14.4. The van der Waals surface area contributed by atoms with Gasteiger partial charge in [0.05, 0.1) is 10.6 Å². The summed E-state index contributed by atoms with van der Waals surface area (Å²) in [4.78, 5) is 30.0. The van der Waals surface area contributed by atoms with E-state index >= 15 is 0 Å². The van der Waals surface area contributed by atoms with E-state index in [1.54, 1.807) is 23.1 Å². The van der Waals surface area contributed by atoms with Crippen LogP contribution in [0.3, 0.4) is 0 Å². The van der Waals surface area contributed by atoms with Gasteiger partial charge in [-0.3, -0.25) is 9.59 Å². The third-order valence-electron chi connectivity index (χ3n) is 7.07. The number of halogens is 3. The molecule has 5 rings (SSSR count). The molecule has 2 aliphatic rings. The molecule has 2 amide bonds. The number of amides is 2. The van der Waals surface area contributed by atoms with Gasteiger partial charge in [0.15, 0.2) is 0 Å². The second kappa shape index (κ2) is 11.2. The molecular weight excluding hydrogens is 512 g/mol. The van der Waals surface area contributed by atoms with Crippen LogP contribution in [-0.4, -0.2) is 49.4 Å². The zero-order valence-electron chi connectivity index (χ0n) is 20.4. The van der Waals surface area contributed by atoms with E-state index in [0.29, 0.717) is 23.7 Å². The molecule has 192 valence electrons. The molecule has 0 spiro atoms. The van der Waals surface area contributed by atoms with Gasteiger partial charge in [0, 0.05) is 41.5 Å². The number of aryl methyl sites for hydroxylation is 1. The van der Waals surface area contributed by atoms with E-state index in [2.05, 4.69) is 10.2 Å². The van der Waals surface area contributed by atoms with Crippen LogP contribution in [-0.2, 0) is 6.42 Å². The highest BCUT2D eigenvalue weighted by Gasteiger charge is 2.27. The zero-order chi connectivity index (χ0) is 25.9. The SMILES string of the molecule is O=C(NCCN1CCCC1)c1ccc(Cl)c(-c2ccc3c(c2)CCCN3C(=O)c2c(F)cccc2Cl)c1. The molecule has 37 heavy (non-hydrogen) atoms. The van der Waals surface area contributed by atoms with Gasteiger partial charge in [0.2, 0.25) is 0 Å². The lowest BCUT2D eigenvalue weighted by atomic mass is 9.94. The Labute approximate surface area is 226 Å². The summed E-state index contributed by atoms with van der Waals surface area (Å²) in [5.41, 5.74) is 3.72. The number of fused-ring (bicyclic) bond motifs is 1. The zero-order valence-corrected chi connectivity index (χ0v) is 21.9. The van der Waals surface area contributed by atoms with Crippen molar-refractivity contribution < 1.29 is 14.0 Å². The van der Waals surface area contributed by atoms with E-state index < -0.39 is 11.7 Å². The van der Waals surface area contributed by atoms with E-state index in [-0.39, 0.29) is 16.5 Å². The van der Waals surface area contributed by atoms with E-state index in [0.717, 1.165) is 54.9 Å². The van der Waals surface area contributed by atoms with Gasteiger partial charge in [-0.15, -0.1) is 0 Å². The Morgan fingerprint density at radius 3 is 2.51 bits per heavy atom. The highest BCUT2D eigenvalue weighted by Crippen LogP contribution is 2.36. The summed E-state index contributed by atoms with van der Waals surface area (Å²) in [6.07, 6.45) is 3.95. The van der Waals surface area contributed by atoms with Gasteiger partial charge in [-0.1, -0.05) is 35.3 Å². The highest BCUT2D eigenvalue weighted by atomic mass is 35.5. The quantitative estimate of drug-likeness (QED) is 0.404. The van der Waals surface area contributed by atoms with Crippen molar-refractivity contribution in [3.8, 4) is 11.1 Å². The van der Waals surface area contributed by atoms with Crippen molar-refractivity contribution in [2.24, 2.45) is 0 Å². The Kier molecular flexibility index (Phi) is 7.79. The van der Waals surface area contributed by atoms with Crippen LogP contribution in [0.1, 0.15) is 45.5 Å². The number of rotatable bonds is 6. The molecule has 3 aromatic carbocycles. The molecule has 0 aromatic heterocycles. The monoisotopic (exact) mass is 539 g/mol. The van der Waals surface area contributed by atoms with Crippen LogP contribution in [0.2, 0.25) is 10.0 Å². The molecule has 0 radical (unpaired) electrons. The molecule has 1 N–H and O–H groups in total. The number of nitrogens with zero attached hydrogens (tertiary/aromatic N) is 2. The van der Waals surface area contributed by atoms with Crippen molar-refractivity contribution >= 4 is 40.7 Å². The van der Waals surface area contributed by atoms with Gasteiger partial charge in [-0.2, -0.15) is 0 Å². The minimum absolute atomic E-state index is 0.0936. The number of likely N-dealkylation sites (tertiary alicyclic amines) is 1. The molecule has 0 saturated carbocycles. The summed E-state index contributed by atoms with van der Waals surface area (Å²) in [6.45, 7) is 4.12. The topological polar surface area (TPSA) is 52.7 Å². The normalized spacial score (nSPS) is 15.5. The summed E-state index contributed by atoms with van der Waals surface area (Å²) >= 11 is 12.7. The predicted molar refractivity (Wildman–Crippen MR) is 146 cm³/mol. The second-order valence-corrected chi connectivity index (χ2v) is 10.3. The number of anilines is 1. The standard InChI is InChI=1S/C29H28Cl2FN3O2/c30-23-10-8-21(28(36)33-12-16-34-13-1-2-14-34)18-22(23)19-9-11-26-20(17-19)5-4-15-35(26)29(37)27-24(31)6-3-7-25(27)32/h3,6-11,17-18H,1-2,4-5,12-16H2,(H,33,36). The Bertz CT molecular complexity index is 1320. The van der Waals surface area contributed by atoms with Crippen LogP contribution < -0.4 is 10.2 Å². The fourth-order valence-corrected chi connectivity index (χ4v) is 5.61. The van der Waals surface area contributed by atoms with Crippen LogP contribution in [0.25, 0.3) is 11.1 Å². The number of hydrogen-bond donors (Lipinski definition) is 1. The Balaban J connectivity index is 1.37. The van der Waals surface area contributed by atoms with Crippen LogP contribution in [0.15, 0.2) is 54.6 Å². The minimum atomic E-state index is -0.636.